The van der Waals surface area contributed by atoms with E-state index in [2.05, 4.69) is 0 Å². The number of carbonyl (C=O) groups excluding carboxylic acids is 1. The van der Waals surface area contributed by atoms with Gasteiger partial charge in [0.05, 0.1) is 11.1 Å². The van der Waals surface area contributed by atoms with Gasteiger partial charge in [0.25, 0.3) is 0 Å². The normalized spacial score (nSPS) is 11.9. The standard InChI is InChI=1S/C18H19F2NO3/c1-11(22)13-8-7-12(21(2)3)9-17(13)24-10-16(23)18-14(19)5-4-6-15(18)20/h4-9,16,23H,10H2,1-3H3. The van der Waals surface area contributed by atoms with E-state index in [4.69, 9.17) is 4.74 Å². The van der Waals surface area contributed by atoms with Gasteiger partial charge >= 0.3 is 0 Å². The summed E-state index contributed by atoms with van der Waals surface area (Å²) >= 11 is 0. The van der Waals surface area contributed by atoms with E-state index in [0.717, 1.165) is 17.8 Å². The molecular formula is C18H19F2NO3. The van der Waals surface area contributed by atoms with Gasteiger partial charge in [-0.25, -0.2) is 8.78 Å². The summed E-state index contributed by atoms with van der Waals surface area (Å²) < 4.78 is 32.9. The highest BCUT2D eigenvalue weighted by atomic mass is 19.1. The Morgan fingerprint density at radius 2 is 1.83 bits per heavy atom. The summed E-state index contributed by atoms with van der Waals surface area (Å²) in [4.78, 5) is 13.5. The van der Waals surface area contributed by atoms with Crippen molar-refractivity contribution >= 4 is 11.5 Å². The Morgan fingerprint density at radius 1 is 1.21 bits per heavy atom. The van der Waals surface area contributed by atoms with Crippen LogP contribution in [-0.4, -0.2) is 31.6 Å². The van der Waals surface area contributed by atoms with Crippen molar-refractivity contribution < 1.29 is 23.4 Å². The molecule has 128 valence electrons. The van der Waals surface area contributed by atoms with E-state index in [1.54, 1.807) is 18.2 Å². The largest absolute Gasteiger partial charge is 0.490 e. The predicted octanol–water partition coefficient (Wildman–Crippen LogP) is 3.35. The Balaban J connectivity index is 2.24. The maximum atomic E-state index is 13.7. The number of anilines is 1. The topological polar surface area (TPSA) is 49.8 Å². The van der Waals surface area contributed by atoms with Crippen LogP contribution in [0.25, 0.3) is 0 Å². The number of benzene rings is 2. The fourth-order valence-electron chi connectivity index (χ4n) is 2.28. The fourth-order valence-corrected chi connectivity index (χ4v) is 2.28. The van der Waals surface area contributed by atoms with Crippen LogP contribution < -0.4 is 9.64 Å². The summed E-state index contributed by atoms with van der Waals surface area (Å²) in [7, 11) is 3.66. The van der Waals surface area contributed by atoms with E-state index in [1.807, 2.05) is 19.0 Å². The van der Waals surface area contributed by atoms with Gasteiger partial charge in [0.1, 0.15) is 30.1 Å². The molecule has 24 heavy (non-hydrogen) atoms. The van der Waals surface area contributed by atoms with Crippen LogP contribution in [0, 0.1) is 11.6 Å². The lowest BCUT2D eigenvalue weighted by Crippen LogP contribution is -2.15. The molecule has 2 rings (SSSR count). The van der Waals surface area contributed by atoms with Crippen molar-refractivity contribution in [3.8, 4) is 5.75 Å². The van der Waals surface area contributed by atoms with Gasteiger partial charge in [-0.1, -0.05) is 6.07 Å². The van der Waals surface area contributed by atoms with Crippen molar-refractivity contribution in [2.45, 2.75) is 13.0 Å². The molecule has 1 atom stereocenters. The van der Waals surface area contributed by atoms with Crippen molar-refractivity contribution in [3.63, 3.8) is 0 Å². The number of aliphatic hydroxyl groups excluding tert-OH is 1. The molecule has 6 heteroatoms. The molecule has 0 bridgehead atoms. The first-order valence-corrected chi connectivity index (χ1v) is 7.38. The number of carbonyl (C=O) groups is 1. The highest BCUT2D eigenvalue weighted by Crippen LogP contribution is 2.27. The molecule has 0 saturated carbocycles. The third-order valence-electron chi connectivity index (χ3n) is 3.59. The van der Waals surface area contributed by atoms with E-state index in [9.17, 15) is 18.7 Å². The molecule has 0 aliphatic carbocycles. The number of aliphatic hydroxyl groups is 1. The van der Waals surface area contributed by atoms with Crippen LogP contribution in [0.4, 0.5) is 14.5 Å². The molecule has 0 fully saturated rings. The Hall–Kier alpha value is -2.47. The lowest BCUT2D eigenvalue weighted by Gasteiger charge is -2.18. The molecule has 0 spiro atoms. The quantitative estimate of drug-likeness (QED) is 0.823. The van der Waals surface area contributed by atoms with Gasteiger partial charge in [-0.3, -0.25) is 4.79 Å². The molecule has 1 N–H and O–H groups in total. The van der Waals surface area contributed by atoms with Crippen LogP contribution in [0.3, 0.4) is 0 Å². The number of ether oxygens (including phenoxy) is 1. The SMILES string of the molecule is CC(=O)c1ccc(N(C)C)cc1OCC(O)c1c(F)cccc1F. The van der Waals surface area contributed by atoms with Crippen molar-refractivity contribution in [2.24, 2.45) is 0 Å². The van der Waals surface area contributed by atoms with Gasteiger partial charge in [0.2, 0.25) is 0 Å². The van der Waals surface area contributed by atoms with Gasteiger partial charge in [-0.15, -0.1) is 0 Å². The van der Waals surface area contributed by atoms with Crippen LogP contribution >= 0.6 is 0 Å². The van der Waals surface area contributed by atoms with E-state index in [0.29, 0.717) is 5.56 Å². The predicted molar refractivity (Wildman–Crippen MR) is 87.6 cm³/mol. The van der Waals surface area contributed by atoms with Crippen molar-refractivity contribution in [2.75, 3.05) is 25.6 Å². The first-order chi connectivity index (χ1) is 11.3. The number of Topliss-reactive ketones (excluding diaryl/α,β-unsaturated/α-hetero) is 1. The number of hydrogen-bond donors (Lipinski definition) is 1. The first kappa shape index (κ1) is 17.9. The molecule has 0 aliphatic rings. The summed E-state index contributed by atoms with van der Waals surface area (Å²) in [6.45, 7) is 1.01. The van der Waals surface area contributed by atoms with Gasteiger partial charge < -0.3 is 14.7 Å². The zero-order valence-corrected chi connectivity index (χ0v) is 13.7. The van der Waals surface area contributed by atoms with Crippen LogP contribution in [0.2, 0.25) is 0 Å². The maximum Gasteiger partial charge on any atom is 0.163 e. The van der Waals surface area contributed by atoms with Crippen LogP contribution in [0.5, 0.6) is 5.75 Å². The fraction of sp³-hybridized carbons (Fsp3) is 0.278. The van der Waals surface area contributed by atoms with Crippen molar-refractivity contribution in [1.29, 1.82) is 0 Å². The number of halogens is 2. The van der Waals surface area contributed by atoms with Gasteiger partial charge in [-0.2, -0.15) is 0 Å². The summed E-state index contributed by atoms with van der Waals surface area (Å²) in [5.74, 6) is -1.65. The van der Waals surface area contributed by atoms with Crippen LogP contribution in [0.1, 0.15) is 28.9 Å². The smallest absolute Gasteiger partial charge is 0.163 e. The van der Waals surface area contributed by atoms with Gasteiger partial charge in [-0.05, 0) is 31.2 Å². The highest BCUT2D eigenvalue weighted by Gasteiger charge is 2.19. The molecular weight excluding hydrogens is 316 g/mol. The number of nitrogens with zero attached hydrogens (tertiary/aromatic N) is 1. The Morgan fingerprint density at radius 3 is 2.38 bits per heavy atom. The third-order valence-corrected chi connectivity index (χ3v) is 3.59. The summed E-state index contributed by atoms with van der Waals surface area (Å²) in [6.07, 6.45) is -1.49. The molecule has 0 amide bonds. The maximum absolute atomic E-state index is 13.7. The minimum Gasteiger partial charge on any atom is -0.490 e. The molecule has 0 heterocycles. The molecule has 2 aromatic rings. The van der Waals surface area contributed by atoms with Crippen molar-refractivity contribution in [3.05, 3.63) is 59.2 Å². The first-order valence-electron chi connectivity index (χ1n) is 7.38. The Kier molecular flexibility index (Phi) is 5.51. The third kappa shape index (κ3) is 3.89. The average molecular weight is 335 g/mol. The molecule has 0 aromatic heterocycles. The van der Waals surface area contributed by atoms with E-state index in [-0.39, 0.29) is 18.1 Å². The Bertz CT molecular complexity index is 727. The highest BCUT2D eigenvalue weighted by molar-refractivity contribution is 5.97. The van der Waals surface area contributed by atoms with Crippen molar-refractivity contribution in [1.82, 2.24) is 0 Å². The molecule has 1 unspecified atom stereocenters. The molecule has 2 aromatic carbocycles. The molecule has 0 aliphatic heterocycles. The lowest BCUT2D eigenvalue weighted by molar-refractivity contribution is 0.0953. The van der Waals surface area contributed by atoms with Gasteiger partial charge in [0.15, 0.2) is 5.78 Å². The monoisotopic (exact) mass is 335 g/mol. The van der Waals surface area contributed by atoms with E-state index >= 15 is 0 Å². The Labute approximate surface area is 139 Å². The van der Waals surface area contributed by atoms with Crippen LogP contribution in [0.15, 0.2) is 36.4 Å². The minimum atomic E-state index is -1.49. The second-order valence-corrected chi connectivity index (χ2v) is 5.59. The van der Waals surface area contributed by atoms with E-state index in [1.165, 1.54) is 13.0 Å². The lowest BCUT2D eigenvalue weighted by atomic mass is 10.1. The summed E-state index contributed by atoms with van der Waals surface area (Å²) in [6, 6.07) is 8.36. The zero-order chi connectivity index (χ0) is 17.9. The molecule has 0 saturated heterocycles. The minimum absolute atomic E-state index is 0.207. The number of ketones is 1. The summed E-state index contributed by atoms with van der Waals surface area (Å²) in [5, 5.41) is 10.1. The van der Waals surface area contributed by atoms with E-state index < -0.39 is 23.3 Å². The molecule has 0 radical (unpaired) electrons. The molecule has 4 nitrogen and oxygen atoms in total. The number of hydrogen-bond acceptors (Lipinski definition) is 4. The zero-order valence-electron chi connectivity index (χ0n) is 13.7. The number of rotatable bonds is 6. The second kappa shape index (κ2) is 7.40. The average Bonchev–Trinajstić information content (AvgIpc) is 2.52. The second-order valence-electron chi connectivity index (χ2n) is 5.59. The summed E-state index contributed by atoms with van der Waals surface area (Å²) in [5.41, 5.74) is 0.675. The van der Waals surface area contributed by atoms with Gasteiger partial charge in [0, 0.05) is 25.8 Å². The van der Waals surface area contributed by atoms with Crippen LogP contribution in [-0.2, 0) is 0 Å².